The summed E-state index contributed by atoms with van der Waals surface area (Å²) in [6, 6.07) is 15.3. The molecule has 0 saturated carbocycles. The quantitative estimate of drug-likeness (QED) is 0.401. The first-order valence-corrected chi connectivity index (χ1v) is 10.7. The zero-order valence-electron chi connectivity index (χ0n) is 15.0. The van der Waals surface area contributed by atoms with Gasteiger partial charge in [-0.3, -0.25) is 9.59 Å². The number of Topliss-reactive ketones (excluding diaryl/α,β-unsaturated/α-hetero) is 1. The predicted molar refractivity (Wildman–Crippen MR) is 112 cm³/mol. The molecule has 0 atom stereocenters. The molecule has 28 heavy (non-hydrogen) atoms. The topological polar surface area (TPSA) is 72.2 Å². The molecule has 142 valence electrons. The zero-order valence-corrected chi connectivity index (χ0v) is 16.6. The van der Waals surface area contributed by atoms with Gasteiger partial charge in [-0.05, 0) is 42.1 Å². The molecule has 7 heteroatoms. The Balaban J connectivity index is 1.26. The van der Waals surface area contributed by atoms with Gasteiger partial charge in [-0.25, -0.2) is 4.98 Å². The van der Waals surface area contributed by atoms with Crippen molar-refractivity contribution in [2.45, 2.75) is 25.8 Å². The van der Waals surface area contributed by atoms with Crippen LogP contribution < -0.4 is 5.32 Å². The third kappa shape index (κ3) is 4.37. The van der Waals surface area contributed by atoms with Gasteiger partial charge in [0.25, 0.3) is 0 Å². The molecule has 0 aliphatic rings. The number of ketones is 1. The standard InChI is InChI=1S/C21H18N2O3S2/c24-16(19-8-4-12-27-19)6-3-9-20(25)22-13-14-10-11-17(26-14)21-23-15-5-1-2-7-18(15)28-21/h1-2,4-5,7-8,10-12H,3,6,9,13H2,(H,22,25). The highest BCUT2D eigenvalue weighted by atomic mass is 32.1. The molecule has 3 aromatic heterocycles. The Morgan fingerprint density at radius 3 is 2.75 bits per heavy atom. The zero-order chi connectivity index (χ0) is 19.3. The number of hydrogen-bond donors (Lipinski definition) is 1. The number of aromatic nitrogens is 1. The Kier molecular flexibility index (Phi) is 5.64. The molecule has 0 saturated heterocycles. The summed E-state index contributed by atoms with van der Waals surface area (Å²) >= 11 is 3.01. The highest BCUT2D eigenvalue weighted by Gasteiger charge is 2.12. The summed E-state index contributed by atoms with van der Waals surface area (Å²) in [6.45, 7) is 0.322. The largest absolute Gasteiger partial charge is 0.457 e. The Bertz CT molecular complexity index is 1060. The maximum absolute atomic E-state index is 12.0. The van der Waals surface area contributed by atoms with Gasteiger partial charge in [-0.15, -0.1) is 22.7 Å². The van der Waals surface area contributed by atoms with E-state index in [1.165, 1.54) is 11.3 Å². The first-order chi connectivity index (χ1) is 13.7. The second-order valence-electron chi connectivity index (χ2n) is 6.28. The Hall–Kier alpha value is -2.77. The van der Waals surface area contributed by atoms with Gasteiger partial charge < -0.3 is 9.73 Å². The summed E-state index contributed by atoms with van der Waals surface area (Å²) in [6.07, 6.45) is 1.25. The van der Waals surface area contributed by atoms with E-state index < -0.39 is 0 Å². The lowest BCUT2D eigenvalue weighted by molar-refractivity contribution is -0.121. The lowest BCUT2D eigenvalue weighted by Crippen LogP contribution is -2.22. The Morgan fingerprint density at radius 1 is 1.04 bits per heavy atom. The molecular weight excluding hydrogens is 392 g/mol. The molecule has 0 aliphatic carbocycles. The number of rotatable bonds is 8. The average Bonchev–Trinajstić information content (AvgIpc) is 3.46. The van der Waals surface area contributed by atoms with Gasteiger partial charge in [0.2, 0.25) is 5.91 Å². The molecule has 1 N–H and O–H groups in total. The smallest absolute Gasteiger partial charge is 0.220 e. The van der Waals surface area contributed by atoms with Crippen LogP contribution in [0.2, 0.25) is 0 Å². The van der Waals surface area contributed by atoms with Crippen LogP contribution in [0.3, 0.4) is 0 Å². The minimum absolute atomic E-state index is 0.0862. The van der Waals surface area contributed by atoms with Gasteiger partial charge >= 0.3 is 0 Å². The van der Waals surface area contributed by atoms with Crippen LogP contribution in [0.15, 0.2) is 58.3 Å². The van der Waals surface area contributed by atoms with Gasteiger partial charge in [0, 0.05) is 12.8 Å². The third-order valence-electron chi connectivity index (χ3n) is 4.23. The summed E-state index contributed by atoms with van der Waals surface area (Å²) in [5.74, 6) is 1.38. The number of fused-ring (bicyclic) bond motifs is 1. The fourth-order valence-corrected chi connectivity index (χ4v) is 4.43. The van der Waals surface area contributed by atoms with Crippen LogP contribution >= 0.6 is 22.7 Å². The molecule has 5 nitrogen and oxygen atoms in total. The maximum Gasteiger partial charge on any atom is 0.220 e. The summed E-state index contributed by atoms with van der Waals surface area (Å²) < 4.78 is 6.93. The van der Waals surface area contributed by atoms with Crippen LogP contribution in [0, 0.1) is 0 Å². The van der Waals surface area contributed by atoms with Gasteiger partial charge in [0.15, 0.2) is 16.6 Å². The van der Waals surface area contributed by atoms with Crippen LogP contribution in [-0.4, -0.2) is 16.7 Å². The van der Waals surface area contributed by atoms with Crippen LogP contribution in [0.25, 0.3) is 21.0 Å². The van der Waals surface area contributed by atoms with Crippen molar-refractivity contribution in [3.8, 4) is 10.8 Å². The fourth-order valence-electron chi connectivity index (χ4n) is 2.81. The normalized spacial score (nSPS) is 11.0. The van der Waals surface area contributed by atoms with Gasteiger partial charge in [-0.2, -0.15) is 0 Å². The van der Waals surface area contributed by atoms with Crippen molar-refractivity contribution in [2.75, 3.05) is 0 Å². The highest BCUT2D eigenvalue weighted by Crippen LogP contribution is 2.31. The lowest BCUT2D eigenvalue weighted by atomic mass is 10.1. The summed E-state index contributed by atoms with van der Waals surface area (Å²) in [4.78, 5) is 29.3. The monoisotopic (exact) mass is 410 g/mol. The third-order valence-corrected chi connectivity index (χ3v) is 6.19. The number of benzene rings is 1. The fraction of sp³-hybridized carbons (Fsp3) is 0.190. The average molecular weight is 411 g/mol. The number of thiophene rings is 1. The SMILES string of the molecule is O=C(CCCC(=O)c1cccs1)NCc1ccc(-c2nc3ccccc3s2)o1. The summed E-state index contributed by atoms with van der Waals surface area (Å²) in [5.41, 5.74) is 0.950. The van der Waals surface area contributed by atoms with Crippen LogP contribution in [-0.2, 0) is 11.3 Å². The van der Waals surface area contributed by atoms with E-state index in [1.54, 1.807) is 11.3 Å². The van der Waals surface area contributed by atoms with Crippen molar-refractivity contribution in [3.05, 3.63) is 64.5 Å². The van der Waals surface area contributed by atoms with E-state index in [2.05, 4.69) is 10.3 Å². The van der Waals surface area contributed by atoms with Crippen molar-refractivity contribution in [1.82, 2.24) is 10.3 Å². The van der Waals surface area contributed by atoms with E-state index >= 15 is 0 Å². The van der Waals surface area contributed by atoms with Crippen molar-refractivity contribution >= 4 is 44.6 Å². The van der Waals surface area contributed by atoms with E-state index in [0.717, 1.165) is 20.1 Å². The molecule has 4 rings (SSSR count). The maximum atomic E-state index is 12.0. The molecule has 0 spiro atoms. The number of amides is 1. The molecule has 3 heterocycles. The highest BCUT2D eigenvalue weighted by molar-refractivity contribution is 7.21. The second kappa shape index (κ2) is 8.50. The number of thiazole rings is 1. The van der Waals surface area contributed by atoms with Crippen molar-refractivity contribution in [1.29, 1.82) is 0 Å². The lowest BCUT2D eigenvalue weighted by Gasteiger charge is -2.03. The van der Waals surface area contributed by atoms with E-state index in [1.807, 2.05) is 53.9 Å². The molecule has 0 aliphatic heterocycles. The van der Waals surface area contributed by atoms with E-state index in [0.29, 0.717) is 37.3 Å². The number of nitrogens with one attached hydrogen (secondary N) is 1. The molecule has 0 fully saturated rings. The van der Waals surface area contributed by atoms with E-state index in [9.17, 15) is 9.59 Å². The van der Waals surface area contributed by atoms with E-state index in [-0.39, 0.29) is 11.7 Å². The number of furan rings is 1. The van der Waals surface area contributed by atoms with Gasteiger partial charge in [-0.1, -0.05) is 18.2 Å². The summed E-state index contributed by atoms with van der Waals surface area (Å²) in [7, 11) is 0. The molecule has 0 radical (unpaired) electrons. The van der Waals surface area contributed by atoms with Crippen LogP contribution in [0.4, 0.5) is 0 Å². The van der Waals surface area contributed by atoms with Gasteiger partial charge in [0.05, 0.1) is 21.6 Å². The van der Waals surface area contributed by atoms with Crippen LogP contribution in [0.1, 0.15) is 34.7 Å². The minimum atomic E-state index is -0.0862. The number of carbonyl (C=O) groups excluding carboxylic acids is 2. The number of hydrogen-bond acceptors (Lipinski definition) is 6. The Morgan fingerprint density at radius 2 is 1.93 bits per heavy atom. The first kappa shape index (κ1) is 18.6. The van der Waals surface area contributed by atoms with Crippen molar-refractivity contribution in [2.24, 2.45) is 0 Å². The van der Waals surface area contributed by atoms with Crippen LogP contribution in [0.5, 0.6) is 0 Å². The molecule has 4 aromatic rings. The molecule has 1 aromatic carbocycles. The minimum Gasteiger partial charge on any atom is -0.457 e. The van der Waals surface area contributed by atoms with Gasteiger partial charge in [0.1, 0.15) is 5.76 Å². The second-order valence-corrected chi connectivity index (χ2v) is 8.26. The van der Waals surface area contributed by atoms with Crippen molar-refractivity contribution in [3.63, 3.8) is 0 Å². The molecule has 1 amide bonds. The first-order valence-electron chi connectivity index (χ1n) is 8.97. The Labute approximate surface area is 170 Å². The number of nitrogens with zero attached hydrogens (tertiary/aromatic N) is 1. The molecular formula is C21H18N2O3S2. The number of carbonyl (C=O) groups is 2. The van der Waals surface area contributed by atoms with Crippen molar-refractivity contribution < 1.29 is 14.0 Å². The van der Waals surface area contributed by atoms with E-state index in [4.69, 9.17) is 4.42 Å². The summed E-state index contributed by atoms with van der Waals surface area (Å²) in [5, 5.41) is 5.55. The molecule has 0 unspecified atom stereocenters. The molecule has 0 bridgehead atoms. The number of para-hydroxylation sites is 1. The predicted octanol–water partition coefficient (Wildman–Crippen LogP) is 5.29.